The van der Waals surface area contributed by atoms with Crippen LogP contribution in [0, 0.1) is 11.6 Å². The molecular weight excluding hydrogens is 332 g/mol. The van der Waals surface area contributed by atoms with Crippen LogP contribution in [0.25, 0.3) is 0 Å². The number of hydrogen-bond donors (Lipinski definition) is 1. The number of para-hydroxylation sites is 1. The molecule has 6 heteroatoms. The topological polar surface area (TPSA) is 46.2 Å². The van der Waals surface area contributed by atoms with Gasteiger partial charge in [-0.05, 0) is 48.6 Å². The molecule has 1 fully saturated rings. The molecule has 1 aliphatic carbocycles. The Morgan fingerprint density at radius 3 is 2.04 bits per heavy atom. The van der Waals surface area contributed by atoms with Gasteiger partial charge in [-0.25, -0.2) is 17.2 Å². The lowest BCUT2D eigenvalue weighted by Gasteiger charge is -2.22. The van der Waals surface area contributed by atoms with E-state index in [1.54, 1.807) is 12.1 Å². The third-order valence-electron chi connectivity index (χ3n) is 4.47. The van der Waals surface area contributed by atoms with E-state index < -0.39 is 27.3 Å². The van der Waals surface area contributed by atoms with Crippen LogP contribution >= 0.6 is 0 Å². The highest BCUT2D eigenvalue weighted by Crippen LogP contribution is 2.33. The fraction of sp³-hybridized carbons (Fsp3) is 0.333. The van der Waals surface area contributed by atoms with Crippen molar-refractivity contribution in [3.8, 4) is 0 Å². The monoisotopic (exact) mass is 351 g/mol. The van der Waals surface area contributed by atoms with Crippen molar-refractivity contribution in [3.05, 3.63) is 59.7 Å². The largest absolute Gasteiger partial charge is 0.274 e. The molecule has 1 N–H and O–H groups in total. The number of benzene rings is 2. The van der Waals surface area contributed by atoms with Crippen molar-refractivity contribution >= 4 is 15.7 Å². The zero-order chi connectivity index (χ0) is 17.2. The summed E-state index contributed by atoms with van der Waals surface area (Å²) in [4.78, 5) is -0.00953. The van der Waals surface area contributed by atoms with Gasteiger partial charge in [0.2, 0.25) is 0 Å². The third-order valence-corrected chi connectivity index (χ3v) is 5.83. The molecule has 0 saturated heterocycles. The normalized spacial score (nSPS) is 16.1. The predicted octanol–water partition coefficient (Wildman–Crippen LogP) is 4.81. The summed E-state index contributed by atoms with van der Waals surface area (Å²) in [6, 6.07) is 9.77. The van der Waals surface area contributed by atoms with Crippen LogP contribution in [0.1, 0.15) is 43.6 Å². The zero-order valence-corrected chi connectivity index (χ0v) is 14.0. The van der Waals surface area contributed by atoms with Crippen LogP contribution in [0.4, 0.5) is 14.5 Å². The maximum atomic E-state index is 13.6. The van der Waals surface area contributed by atoms with Gasteiger partial charge in [0, 0.05) is 0 Å². The average molecular weight is 351 g/mol. The molecular formula is C18H19F2NO2S. The number of nitrogens with one attached hydrogen (secondary N) is 1. The van der Waals surface area contributed by atoms with Crippen molar-refractivity contribution in [2.45, 2.75) is 42.9 Å². The first-order valence-electron chi connectivity index (χ1n) is 8.04. The minimum Gasteiger partial charge on any atom is -0.274 e. The highest BCUT2D eigenvalue weighted by molar-refractivity contribution is 7.92. The van der Waals surface area contributed by atoms with Crippen molar-refractivity contribution in [1.82, 2.24) is 0 Å². The van der Waals surface area contributed by atoms with Crippen molar-refractivity contribution in [2.24, 2.45) is 0 Å². The molecule has 0 spiro atoms. The Hall–Kier alpha value is -1.95. The van der Waals surface area contributed by atoms with Gasteiger partial charge in [-0.3, -0.25) is 4.72 Å². The SMILES string of the molecule is O=S(=O)(Nc1c(F)cccc1F)c1ccc(C2CCCCC2)cc1. The lowest BCUT2D eigenvalue weighted by molar-refractivity contribution is 0.443. The predicted molar refractivity (Wildman–Crippen MR) is 89.4 cm³/mol. The summed E-state index contributed by atoms with van der Waals surface area (Å²) >= 11 is 0. The quantitative estimate of drug-likeness (QED) is 0.859. The minimum atomic E-state index is -4.04. The fourth-order valence-corrected chi connectivity index (χ4v) is 4.22. The first kappa shape index (κ1) is 16.9. The van der Waals surface area contributed by atoms with Gasteiger partial charge >= 0.3 is 0 Å². The molecule has 24 heavy (non-hydrogen) atoms. The molecule has 0 unspecified atom stereocenters. The molecule has 0 radical (unpaired) electrons. The highest BCUT2D eigenvalue weighted by Gasteiger charge is 2.20. The van der Waals surface area contributed by atoms with Crippen molar-refractivity contribution < 1.29 is 17.2 Å². The molecule has 0 aromatic heterocycles. The van der Waals surface area contributed by atoms with Gasteiger partial charge < -0.3 is 0 Å². The smallest absolute Gasteiger partial charge is 0.262 e. The van der Waals surface area contributed by atoms with Crippen molar-refractivity contribution in [3.63, 3.8) is 0 Å². The molecule has 0 aliphatic heterocycles. The van der Waals surface area contributed by atoms with Crippen LogP contribution < -0.4 is 4.72 Å². The van der Waals surface area contributed by atoms with Crippen molar-refractivity contribution in [1.29, 1.82) is 0 Å². The molecule has 0 amide bonds. The lowest BCUT2D eigenvalue weighted by Crippen LogP contribution is -2.15. The van der Waals surface area contributed by atoms with E-state index in [1.807, 2.05) is 4.72 Å². The molecule has 0 atom stereocenters. The van der Waals surface area contributed by atoms with Crippen LogP contribution in [-0.4, -0.2) is 8.42 Å². The Morgan fingerprint density at radius 2 is 1.46 bits per heavy atom. The molecule has 0 bridgehead atoms. The summed E-state index contributed by atoms with van der Waals surface area (Å²) in [5.41, 5.74) is 0.458. The average Bonchev–Trinajstić information content (AvgIpc) is 2.59. The zero-order valence-electron chi connectivity index (χ0n) is 13.1. The lowest BCUT2D eigenvalue weighted by atomic mass is 9.84. The third kappa shape index (κ3) is 3.59. The molecule has 1 aliphatic rings. The summed E-state index contributed by atoms with van der Waals surface area (Å²) in [5, 5.41) is 0. The second-order valence-electron chi connectivity index (χ2n) is 6.11. The van der Waals surface area contributed by atoms with Gasteiger partial charge in [-0.2, -0.15) is 0 Å². The van der Waals surface area contributed by atoms with E-state index in [9.17, 15) is 17.2 Å². The summed E-state index contributed by atoms with van der Waals surface area (Å²) < 4.78 is 54.0. The Kier molecular flexibility index (Phi) is 4.85. The van der Waals surface area contributed by atoms with E-state index >= 15 is 0 Å². The van der Waals surface area contributed by atoms with Gasteiger partial charge in [0.05, 0.1) is 4.90 Å². The first-order chi connectivity index (χ1) is 11.5. The molecule has 128 valence electrons. The molecule has 2 aromatic rings. The van der Waals surface area contributed by atoms with Gasteiger partial charge in [-0.15, -0.1) is 0 Å². The molecule has 2 aromatic carbocycles. The summed E-state index contributed by atoms with van der Waals surface area (Å²) in [6.45, 7) is 0. The molecule has 1 saturated carbocycles. The number of sulfonamides is 1. The number of anilines is 1. The number of rotatable bonds is 4. The first-order valence-corrected chi connectivity index (χ1v) is 9.52. The second-order valence-corrected chi connectivity index (χ2v) is 7.79. The van der Waals surface area contributed by atoms with E-state index in [4.69, 9.17) is 0 Å². The van der Waals surface area contributed by atoms with E-state index in [1.165, 1.54) is 37.5 Å². The standard InChI is InChI=1S/C18H19F2NO2S/c19-16-7-4-8-17(20)18(16)21-24(22,23)15-11-9-14(10-12-15)13-5-2-1-3-6-13/h4,7-13,21H,1-3,5-6H2. The second kappa shape index (κ2) is 6.89. The van der Waals surface area contributed by atoms with Crippen LogP contribution in [0.15, 0.2) is 47.4 Å². The van der Waals surface area contributed by atoms with Crippen LogP contribution in [0.5, 0.6) is 0 Å². The Labute approximate surface area is 140 Å². The van der Waals surface area contributed by atoms with E-state index in [0.717, 1.165) is 30.5 Å². The highest BCUT2D eigenvalue weighted by atomic mass is 32.2. The van der Waals surface area contributed by atoms with E-state index in [-0.39, 0.29) is 4.90 Å². The van der Waals surface area contributed by atoms with Crippen LogP contribution in [0.2, 0.25) is 0 Å². The fourth-order valence-electron chi connectivity index (χ4n) is 3.14. The minimum absolute atomic E-state index is 0.00953. The van der Waals surface area contributed by atoms with Gasteiger partial charge in [0.1, 0.15) is 17.3 Å². The maximum Gasteiger partial charge on any atom is 0.262 e. The Morgan fingerprint density at radius 1 is 0.875 bits per heavy atom. The number of hydrogen-bond acceptors (Lipinski definition) is 2. The maximum absolute atomic E-state index is 13.6. The number of halogens is 2. The van der Waals surface area contributed by atoms with Gasteiger partial charge in [0.25, 0.3) is 10.0 Å². The Bertz CT molecular complexity index is 793. The molecule has 3 nitrogen and oxygen atoms in total. The van der Waals surface area contributed by atoms with E-state index in [2.05, 4.69) is 0 Å². The van der Waals surface area contributed by atoms with Crippen molar-refractivity contribution in [2.75, 3.05) is 4.72 Å². The summed E-state index contributed by atoms with van der Waals surface area (Å²) in [5.74, 6) is -1.43. The van der Waals surface area contributed by atoms with Crippen LogP contribution in [0.3, 0.4) is 0 Å². The molecule has 0 heterocycles. The van der Waals surface area contributed by atoms with Crippen LogP contribution in [-0.2, 0) is 10.0 Å². The van der Waals surface area contributed by atoms with E-state index in [0.29, 0.717) is 5.92 Å². The summed E-state index contributed by atoms with van der Waals surface area (Å²) in [7, 11) is -4.04. The summed E-state index contributed by atoms with van der Waals surface area (Å²) in [6.07, 6.45) is 5.87. The van der Waals surface area contributed by atoms with Gasteiger partial charge in [0.15, 0.2) is 0 Å². The van der Waals surface area contributed by atoms with Gasteiger partial charge in [-0.1, -0.05) is 37.5 Å². The Balaban J connectivity index is 1.82. The molecule has 3 rings (SSSR count).